The molecule has 0 aromatic heterocycles. The van der Waals surface area contributed by atoms with Crippen molar-refractivity contribution in [3.8, 4) is 0 Å². The van der Waals surface area contributed by atoms with Crippen LogP contribution in [0.3, 0.4) is 0 Å². The molecule has 1 N–H and O–H groups in total. The van der Waals surface area contributed by atoms with E-state index >= 15 is 0 Å². The number of hydrogen-bond acceptors (Lipinski definition) is 2. The molecular formula is C18H27ClN2O. The Morgan fingerprint density at radius 3 is 2.41 bits per heavy atom. The van der Waals surface area contributed by atoms with Gasteiger partial charge in [-0.1, -0.05) is 31.2 Å². The number of nitrogens with zero attached hydrogens (tertiary/aromatic N) is 1. The van der Waals surface area contributed by atoms with E-state index < -0.39 is 0 Å². The lowest BCUT2D eigenvalue weighted by Gasteiger charge is -2.30. The van der Waals surface area contributed by atoms with Gasteiger partial charge in [-0.25, -0.2) is 0 Å². The molecule has 0 unspecified atom stereocenters. The van der Waals surface area contributed by atoms with Gasteiger partial charge in [0.1, 0.15) is 0 Å². The fourth-order valence-electron chi connectivity index (χ4n) is 3.15. The molecule has 2 fully saturated rings. The third-order valence-electron chi connectivity index (χ3n) is 4.70. The van der Waals surface area contributed by atoms with Gasteiger partial charge < -0.3 is 10.2 Å². The van der Waals surface area contributed by atoms with Crippen LogP contribution in [0.2, 0.25) is 0 Å². The van der Waals surface area contributed by atoms with Gasteiger partial charge >= 0.3 is 0 Å². The van der Waals surface area contributed by atoms with Crippen LogP contribution in [0.25, 0.3) is 0 Å². The first-order valence-corrected chi connectivity index (χ1v) is 8.37. The van der Waals surface area contributed by atoms with Gasteiger partial charge in [0, 0.05) is 19.1 Å². The first kappa shape index (κ1) is 17.3. The van der Waals surface area contributed by atoms with E-state index in [9.17, 15) is 4.79 Å². The summed E-state index contributed by atoms with van der Waals surface area (Å²) in [6.07, 6.45) is 5.60. The summed E-state index contributed by atoms with van der Waals surface area (Å²) in [5.74, 6) is 0.554. The largest absolute Gasteiger partial charge is 0.335 e. The quantitative estimate of drug-likeness (QED) is 0.903. The van der Waals surface area contributed by atoms with Crippen LogP contribution in [0.5, 0.6) is 0 Å². The Bertz CT molecular complexity index is 478. The highest BCUT2D eigenvalue weighted by molar-refractivity contribution is 5.85. The number of nitrogens with one attached hydrogen (secondary N) is 1. The molecule has 3 nitrogen and oxygen atoms in total. The van der Waals surface area contributed by atoms with E-state index in [1.807, 2.05) is 0 Å². The first-order valence-electron chi connectivity index (χ1n) is 8.37. The van der Waals surface area contributed by atoms with E-state index in [-0.39, 0.29) is 18.3 Å². The number of aryl methyl sites for hydroxylation is 1. The number of halogens is 1. The van der Waals surface area contributed by atoms with Crippen molar-refractivity contribution in [3.05, 3.63) is 35.4 Å². The van der Waals surface area contributed by atoms with E-state index in [0.717, 1.165) is 38.9 Å². The summed E-state index contributed by atoms with van der Waals surface area (Å²) in [5, 5.41) is 3.36. The van der Waals surface area contributed by atoms with Crippen LogP contribution in [0, 0.1) is 5.92 Å². The molecule has 22 heavy (non-hydrogen) atoms. The number of piperidine rings is 1. The topological polar surface area (TPSA) is 32.3 Å². The van der Waals surface area contributed by atoms with Gasteiger partial charge in [-0.15, -0.1) is 12.4 Å². The van der Waals surface area contributed by atoms with Gasteiger partial charge in [0.25, 0.3) is 0 Å². The normalized spacial score (nSPS) is 21.0. The monoisotopic (exact) mass is 322 g/mol. The summed E-state index contributed by atoms with van der Waals surface area (Å²) in [5.41, 5.74) is 2.62. The van der Waals surface area contributed by atoms with Crippen LogP contribution in [-0.2, 0) is 17.8 Å². The van der Waals surface area contributed by atoms with Crippen LogP contribution in [0.1, 0.15) is 43.7 Å². The highest BCUT2D eigenvalue weighted by Crippen LogP contribution is 2.30. The van der Waals surface area contributed by atoms with E-state index in [0.29, 0.717) is 11.9 Å². The minimum atomic E-state index is 0. The third kappa shape index (κ3) is 4.23. The average molecular weight is 323 g/mol. The van der Waals surface area contributed by atoms with Crippen molar-refractivity contribution < 1.29 is 4.79 Å². The zero-order valence-corrected chi connectivity index (χ0v) is 14.2. The molecule has 122 valence electrons. The molecule has 0 bridgehead atoms. The van der Waals surface area contributed by atoms with Gasteiger partial charge in [0.15, 0.2) is 0 Å². The number of carbonyl (C=O) groups is 1. The molecule has 1 amide bonds. The van der Waals surface area contributed by atoms with Crippen molar-refractivity contribution in [1.29, 1.82) is 0 Å². The number of benzene rings is 1. The van der Waals surface area contributed by atoms with E-state index in [1.165, 1.54) is 24.0 Å². The molecule has 4 heteroatoms. The summed E-state index contributed by atoms with van der Waals surface area (Å²) in [6, 6.07) is 9.23. The van der Waals surface area contributed by atoms with Crippen molar-refractivity contribution in [2.75, 3.05) is 13.1 Å². The molecule has 1 saturated heterocycles. The third-order valence-corrected chi connectivity index (χ3v) is 4.70. The lowest BCUT2D eigenvalue weighted by Crippen LogP contribution is -2.43. The summed E-state index contributed by atoms with van der Waals surface area (Å²) in [4.78, 5) is 14.9. The van der Waals surface area contributed by atoms with Crippen LogP contribution in [-0.4, -0.2) is 29.9 Å². The molecule has 1 aromatic rings. The van der Waals surface area contributed by atoms with Gasteiger partial charge in [0.05, 0.1) is 5.92 Å². The number of carbonyl (C=O) groups excluding carboxylic acids is 1. The lowest BCUT2D eigenvalue weighted by molar-refractivity contribution is -0.137. The standard InChI is InChI=1S/C18H26N2O.ClH/c1-2-14-5-7-15(8-6-14)13-20(17-9-10-17)18(21)16-4-3-11-19-12-16;/h5-8,16-17,19H,2-4,9-13H2,1H3;1H/t16-;/m1./s1. The van der Waals surface area contributed by atoms with Crippen molar-refractivity contribution in [3.63, 3.8) is 0 Å². The molecule has 1 aliphatic carbocycles. The number of amides is 1. The van der Waals surface area contributed by atoms with Gasteiger partial charge in [0.2, 0.25) is 5.91 Å². The van der Waals surface area contributed by atoms with Crippen molar-refractivity contribution in [2.45, 2.75) is 51.6 Å². The van der Waals surface area contributed by atoms with E-state index in [4.69, 9.17) is 0 Å². The Balaban J connectivity index is 0.00000176. The fourth-order valence-corrected chi connectivity index (χ4v) is 3.15. The predicted molar refractivity (Wildman–Crippen MR) is 92.2 cm³/mol. The van der Waals surface area contributed by atoms with Crippen molar-refractivity contribution in [1.82, 2.24) is 10.2 Å². The average Bonchev–Trinajstić information content (AvgIpc) is 3.38. The van der Waals surface area contributed by atoms with E-state index in [2.05, 4.69) is 41.4 Å². The Labute approximate surface area is 139 Å². The molecule has 0 spiro atoms. The second-order valence-corrected chi connectivity index (χ2v) is 6.41. The SMILES string of the molecule is CCc1ccc(CN(C(=O)[C@@H]2CCCNC2)C2CC2)cc1.Cl. The smallest absolute Gasteiger partial charge is 0.227 e. The molecule has 1 aliphatic heterocycles. The Morgan fingerprint density at radius 2 is 1.86 bits per heavy atom. The van der Waals surface area contributed by atoms with Gasteiger partial charge in [-0.2, -0.15) is 0 Å². The van der Waals surface area contributed by atoms with Crippen molar-refractivity contribution >= 4 is 18.3 Å². The summed E-state index contributed by atoms with van der Waals surface area (Å²) in [6.45, 7) is 4.87. The molecule has 3 rings (SSSR count). The minimum Gasteiger partial charge on any atom is -0.335 e. The molecule has 1 atom stereocenters. The van der Waals surface area contributed by atoms with Crippen molar-refractivity contribution in [2.24, 2.45) is 5.92 Å². The van der Waals surface area contributed by atoms with Gasteiger partial charge in [-0.3, -0.25) is 4.79 Å². The predicted octanol–water partition coefficient (Wildman–Crippen LogP) is 3.16. The minimum absolute atomic E-state index is 0. The van der Waals surface area contributed by atoms with Crippen LogP contribution < -0.4 is 5.32 Å². The maximum atomic E-state index is 12.8. The molecule has 1 saturated carbocycles. The maximum absolute atomic E-state index is 12.8. The summed E-state index contributed by atoms with van der Waals surface area (Å²) in [7, 11) is 0. The van der Waals surface area contributed by atoms with Crippen LogP contribution in [0.4, 0.5) is 0 Å². The molecule has 1 heterocycles. The highest BCUT2D eigenvalue weighted by Gasteiger charge is 2.36. The second kappa shape index (κ2) is 7.98. The molecule has 1 aromatic carbocycles. The highest BCUT2D eigenvalue weighted by atomic mass is 35.5. The first-order chi connectivity index (χ1) is 10.3. The number of rotatable bonds is 5. The maximum Gasteiger partial charge on any atom is 0.227 e. The summed E-state index contributed by atoms with van der Waals surface area (Å²) < 4.78 is 0. The van der Waals surface area contributed by atoms with E-state index in [1.54, 1.807) is 0 Å². The second-order valence-electron chi connectivity index (χ2n) is 6.41. The summed E-state index contributed by atoms with van der Waals surface area (Å²) >= 11 is 0. The van der Waals surface area contributed by atoms with Gasteiger partial charge in [-0.05, 0) is 49.8 Å². The Morgan fingerprint density at radius 1 is 1.18 bits per heavy atom. The molecular weight excluding hydrogens is 296 g/mol. The Hall–Kier alpha value is -1.06. The van der Waals surface area contributed by atoms with Crippen LogP contribution in [0.15, 0.2) is 24.3 Å². The van der Waals surface area contributed by atoms with Crippen LogP contribution >= 0.6 is 12.4 Å². The lowest BCUT2D eigenvalue weighted by atomic mass is 9.97. The fraction of sp³-hybridized carbons (Fsp3) is 0.611. The molecule has 0 radical (unpaired) electrons. The number of hydrogen-bond donors (Lipinski definition) is 1. The zero-order valence-electron chi connectivity index (χ0n) is 13.4. The molecule has 2 aliphatic rings. The zero-order chi connectivity index (χ0) is 14.7. The Kier molecular flexibility index (Phi) is 6.27.